The number of hydrogen-bond acceptors (Lipinski definition) is 3. The lowest BCUT2D eigenvalue weighted by Crippen LogP contribution is -2.30. The van der Waals surface area contributed by atoms with Crippen LogP contribution in [0.2, 0.25) is 0 Å². The minimum atomic E-state index is -0.0525. The molecule has 0 saturated heterocycles. The van der Waals surface area contributed by atoms with Crippen LogP contribution in [-0.4, -0.2) is 28.2 Å². The van der Waals surface area contributed by atoms with Crippen LogP contribution in [0.1, 0.15) is 26.3 Å². The number of benzene rings is 9. The van der Waals surface area contributed by atoms with Gasteiger partial charge in [-0.25, -0.2) is 9.97 Å². The molecule has 15 rings (SSSR count). The van der Waals surface area contributed by atoms with E-state index in [1.807, 2.05) is 18.3 Å². The van der Waals surface area contributed by atoms with E-state index < -0.39 is 0 Å². The minimum Gasteiger partial charge on any atom is -0.458 e. The highest BCUT2D eigenvalue weighted by Crippen LogP contribution is 2.40. The molecule has 6 aromatic heterocycles. The number of para-hydroxylation sites is 6. The van der Waals surface area contributed by atoms with E-state index in [-0.39, 0.29) is 5.41 Å². The van der Waals surface area contributed by atoms with Gasteiger partial charge in [-0.05, 0) is 113 Å². The predicted octanol–water partition coefficient (Wildman–Crippen LogP) is 16.5. The summed E-state index contributed by atoms with van der Waals surface area (Å²) in [4.78, 5) is 10.6. The van der Waals surface area contributed by atoms with Gasteiger partial charge >= 0.3 is 0 Å². The molecule has 0 aliphatic heterocycles. The number of fused-ring (bicyclic) bond motifs is 10. The third-order valence-corrected chi connectivity index (χ3v) is 15.2. The van der Waals surface area contributed by atoms with E-state index in [9.17, 15) is 0 Å². The zero-order valence-corrected chi connectivity index (χ0v) is 42.6. The van der Waals surface area contributed by atoms with Crippen LogP contribution in [-0.2, 0) is 5.41 Å². The van der Waals surface area contributed by atoms with E-state index in [4.69, 9.17) is 14.7 Å². The topological polar surface area (TPSA) is 58.6 Å². The zero-order chi connectivity index (χ0) is 51.4. The van der Waals surface area contributed by atoms with Gasteiger partial charge in [0.25, 0.3) is 6.33 Å². The summed E-state index contributed by atoms with van der Waals surface area (Å²) in [5.41, 5.74) is 13.8. The largest absolute Gasteiger partial charge is 0.458 e. The Kier molecular flexibility index (Phi) is 9.96. The maximum atomic E-state index is 6.88. The Morgan fingerprint density at radius 3 is 1.58 bits per heavy atom. The standard InChI is InChI=1S/C69H49N7O/c1-69(2,3)47-36-37-70-66(39-47)76-62-35-32-46(45-18-5-4-6-19-45)38-57(62)56-34-33-51(43-65(56)76)77-50-21-17-20-48(40-50)72-44-73(64-31-16-15-30-63(64)72)49-41-67(74-58-26-11-7-22-52(58)53-23-8-12-27-59(53)74)71-68(42-49)75-60-28-13-9-24-54(60)55-25-10-14-29-61(55)75/h4-43H,1-3H3. The van der Waals surface area contributed by atoms with E-state index in [2.05, 4.69) is 274 Å². The Hall–Kier alpha value is -10.1. The molecule has 0 fully saturated rings. The van der Waals surface area contributed by atoms with Gasteiger partial charge in [0.15, 0.2) is 0 Å². The summed E-state index contributed by atoms with van der Waals surface area (Å²) >= 11 is 0. The van der Waals surface area contributed by atoms with Crippen LogP contribution in [0.5, 0.6) is 11.5 Å². The van der Waals surface area contributed by atoms with Gasteiger partial charge in [0, 0.05) is 44.6 Å². The summed E-state index contributed by atoms with van der Waals surface area (Å²) in [6, 6.07) is 83.5. The molecule has 6 heterocycles. The molecule has 77 heavy (non-hydrogen) atoms. The average Bonchev–Trinajstić information content (AvgIpc) is 4.35. The molecule has 0 bridgehead atoms. The molecule has 0 radical (unpaired) electrons. The highest BCUT2D eigenvalue weighted by atomic mass is 16.5. The normalized spacial score (nSPS) is 12.1. The Balaban J connectivity index is 0.874. The SMILES string of the molecule is CC(C)(C)c1ccnc(-n2c3ccc(-c4ccccc4)cc3c3ccc(Oc4cccc(-n5[c-][n+](-c6cc(-n7c8ccccc8c8ccccc87)nc(-n7c8ccccc8c8ccccc87)c6)c6ccccc65)c4)cc32)c1. The highest BCUT2D eigenvalue weighted by Gasteiger charge is 2.22. The fourth-order valence-electron chi connectivity index (χ4n) is 11.6. The van der Waals surface area contributed by atoms with Crippen LogP contribution < -0.4 is 9.30 Å². The first-order valence-electron chi connectivity index (χ1n) is 26.1. The number of aromatic nitrogens is 7. The second kappa shape index (κ2) is 17.3. The second-order valence-corrected chi connectivity index (χ2v) is 20.9. The monoisotopic (exact) mass is 991 g/mol. The number of ether oxygens (including phenoxy) is 1. The van der Waals surface area contributed by atoms with Gasteiger partial charge in [-0.3, -0.25) is 22.8 Å². The van der Waals surface area contributed by atoms with Crippen molar-refractivity contribution in [2.75, 3.05) is 0 Å². The van der Waals surface area contributed by atoms with Crippen molar-refractivity contribution in [3.8, 4) is 51.5 Å². The number of imidazole rings is 1. The van der Waals surface area contributed by atoms with Crippen molar-refractivity contribution in [3.63, 3.8) is 0 Å². The van der Waals surface area contributed by atoms with Gasteiger partial charge in [0.05, 0.1) is 55.5 Å². The quantitative estimate of drug-likeness (QED) is 0.113. The maximum absolute atomic E-state index is 6.88. The van der Waals surface area contributed by atoms with Crippen LogP contribution >= 0.6 is 0 Å². The van der Waals surface area contributed by atoms with E-state index >= 15 is 0 Å². The van der Waals surface area contributed by atoms with Crippen molar-refractivity contribution in [1.29, 1.82) is 0 Å². The first-order valence-corrected chi connectivity index (χ1v) is 26.1. The van der Waals surface area contributed by atoms with Crippen molar-refractivity contribution in [1.82, 2.24) is 28.2 Å². The molecule has 0 saturated carbocycles. The van der Waals surface area contributed by atoms with Crippen molar-refractivity contribution in [3.05, 3.63) is 255 Å². The Morgan fingerprint density at radius 1 is 0.403 bits per heavy atom. The zero-order valence-electron chi connectivity index (χ0n) is 42.6. The maximum Gasteiger partial charge on any atom is 0.269 e. The van der Waals surface area contributed by atoms with E-state index in [1.54, 1.807) is 0 Å². The molecule has 0 atom stereocenters. The van der Waals surface area contributed by atoms with Gasteiger partial charge in [-0.15, -0.1) is 0 Å². The Labute approximate surface area is 444 Å². The van der Waals surface area contributed by atoms with Crippen LogP contribution in [0.3, 0.4) is 0 Å². The van der Waals surface area contributed by atoms with Crippen LogP contribution in [0.25, 0.3) is 116 Å². The van der Waals surface area contributed by atoms with Gasteiger partial charge in [-0.1, -0.05) is 160 Å². The summed E-state index contributed by atoms with van der Waals surface area (Å²) in [6.07, 6.45) is 5.75. The summed E-state index contributed by atoms with van der Waals surface area (Å²) in [5.74, 6) is 3.89. The number of rotatable bonds is 8. The molecule has 0 N–H and O–H groups in total. The lowest BCUT2D eigenvalue weighted by Gasteiger charge is -2.20. The molecule has 15 aromatic rings. The van der Waals surface area contributed by atoms with Gasteiger partial charge in [0.2, 0.25) is 0 Å². The third kappa shape index (κ3) is 7.24. The molecule has 8 heteroatoms. The molecule has 0 spiro atoms. The highest BCUT2D eigenvalue weighted by molar-refractivity contribution is 6.12. The summed E-state index contributed by atoms with van der Waals surface area (Å²) < 4.78 is 18.0. The third-order valence-electron chi connectivity index (χ3n) is 15.2. The Morgan fingerprint density at radius 2 is 0.948 bits per heavy atom. The molecular formula is C69H49N7O. The van der Waals surface area contributed by atoms with Crippen molar-refractivity contribution < 1.29 is 9.30 Å². The molecule has 8 nitrogen and oxygen atoms in total. The molecule has 0 aliphatic carbocycles. The molecular weight excluding hydrogens is 943 g/mol. The summed E-state index contributed by atoms with van der Waals surface area (Å²) in [7, 11) is 0. The molecule has 366 valence electrons. The number of nitrogens with zero attached hydrogens (tertiary/aromatic N) is 7. The number of pyridine rings is 2. The van der Waals surface area contributed by atoms with Crippen LogP contribution in [0, 0.1) is 6.33 Å². The van der Waals surface area contributed by atoms with Crippen molar-refractivity contribution in [2.45, 2.75) is 26.2 Å². The van der Waals surface area contributed by atoms with Gasteiger partial charge in [-0.2, -0.15) is 0 Å². The lowest BCUT2D eigenvalue weighted by atomic mass is 9.88. The van der Waals surface area contributed by atoms with E-state index in [0.717, 1.165) is 95.0 Å². The van der Waals surface area contributed by atoms with Crippen molar-refractivity contribution in [2.24, 2.45) is 0 Å². The first kappa shape index (κ1) is 44.4. The smallest absolute Gasteiger partial charge is 0.269 e. The first-order chi connectivity index (χ1) is 37.8. The molecule has 0 aliphatic rings. The summed E-state index contributed by atoms with van der Waals surface area (Å²) in [5, 5.41) is 6.98. The molecule has 0 amide bonds. The van der Waals surface area contributed by atoms with Crippen molar-refractivity contribution >= 4 is 76.5 Å². The second-order valence-electron chi connectivity index (χ2n) is 20.9. The van der Waals surface area contributed by atoms with E-state index in [1.165, 1.54) is 32.7 Å². The van der Waals surface area contributed by atoms with E-state index in [0.29, 0.717) is 5.75 Å². The van der Waals surface area contributed by atoms with Gasteiger partial charge in [0.1, 0.15) is 29.0 Å². The van der Waals surface area contributed by atoms with Crippen LogP contribution in [0.4, 0.5) is 0 Å². The fourth-order valence-corrected chi connectivity index (χ4v) is 11.6. The molecule has 9 aromatic carbocycles. The fraction of sp³-hybridized carbons (Fsp3) is 0.0580. The lowest BCUT2D eigenvalue weighted by molar-refractivity contribution is -0.572. The van der Waals surface area contributed by atoms with Crippen LogP contribution in [0.15, 0.2) is 243 Å². The Bertz CT molecular complexity index is 4600. The molecule has 0 unspecified atom stereocenters. The number of hydrogen-bond donors (Lipinski definition) is 0. The summed E-state index contributed by atoms with van der Waals surface area (Å²) in [6.45, 7) is 6.72. The minimum absolute atomic E-state index is 0.0525. The predicted molar refractivity (Wildman–Crippen MR) is 313 cm³/mol. The van der Waals surface area contributed by atoms with Gasteiger partial charge < -0.3 is 4.74 Å². The average molecular weight is 992 g/mol.